The van der Waals surface area contributed by atoms with Gasteiger partial charge in [0.1, 0.15) is 52.7 Å². The number of ketones is 2. The van der Waals surface area contributed by atoms with E-state index in [2.05, 4.69) is 0 Å². The molecule has 0 fully saturated rings. The van der Waals surface area contributed by atoms with Gasteiger partial charge in [-0.2, -0.15) is 4.57 Å². The van der Waals surface area contributed by atoms with Crippen molar-refractivity contribution in [3.05, 3.63) is 224 Å². The minimum Gasteiger partial charge on any atom is -0.287 e. The molecule has 7 rings (SSSR count). The van der Waals surface area contributed by atoms with Crippen LogP contribution in [-0.2, 0) is 6.54 Å². The number of rotatable bonds is 10. The number of nitrogens with zero attached hydrogens (tertiary/aromatic N) is 1. The zero-order chi connectivity index (χ0) is 51.8. The molecule has 0 aliphatic carbocycles. The molecule has 0 aliphatic rings. The highest BCUT2D eigenvalue weighted by atomic mass is 19.2. The van der Waals surface area contributed by atoms with E-state index in [1.54, 1.807) is 41.1 Å². The van der Waals surface area contributed by atoms with E-state index in [9.17, 15) is 62.3 Å². The Hall–Kier alpha value is -7.79. The maximum Gasteiger partial charge on any atom is 0.253 e. The number of halogens is 20. The largest absolute Gasteiger partial charge is 0.287 e. The van der Waals surface area contributed by atoms with E-state index in [0.717, 1.165) is 5.56 Å². The first-order valence-corrected chi connectivity index (χ1v) is 19.0. The lowest BCUT2D eigenvalue weighted by Crippen LogP contribution is -2.81. The van der Waals surface area contributed by atoms with Gasteiger partial charge in [-0.25, -0.2) is 87.8 Å². The summed E-state index contributed by atoms with van der Waals surface area (Å²) in [5.74, 6) is -71.6. The summed E-state index contributed by atoms with van der Waals surface area (Å²) in [7, 11) is 0. The third-order valence-corrected chi connectivity index (χ3v) is 10.5. The number of allylic oxidation sites excluding steroid dienone is 1. The lowest BCUT2D eigenvalue weighted by atomic mass is 9.12. The maximum absolute atomic E-state index is 15.4. The van der Waals surface area contributed by atoms with Crippen molar-refractivity contribution in [2.24, 2.45) is 0 Å². The minimum atomic E-state index is -7.22. The van der Waals surface area contributed by atoms with Gasteiger partial charge in [0.2, 0.25) is 18.1 Å². The van der Waals surface area contributed by atoms with Crippen molar-refractivity contribution in [2.75, 3.05) is 0 Å². The van der Waals surface area contributed by atoms with Crippen molar-refractivity contribution in [2.45, 2.75) is 6.54 Å². The fourth-order valence-corrected chi connectivity index (χ4v) is 7.40. The van der Waals surface area contributed by atoms with Crippen molar-refractivity contribution < 1.29 is 102 Å². The molecule has 24 heteroatoms. The molecule has 7 aromatic rings. The lowest BCUT2D eigenvalue weighted by molar-refractivity contribution is -0.684. The highest BCUT2D eigenvalue weighted by Crippen LogP contribution is 2.31. The molecular formula is C46H18BF20NO2. The molecule has 0 spiro atoms. The summed E-state index contributed by atoms with van der Waals surface area (Å²) in [6, 6.07) is 24.1. The van der Waals surface area contributed by atoms with Gasteiger partial charge in [0.05, 0.1) is 0 Å². The first kappa shape index (κ1) is 51.6. The van der Waals surface area contributed by atoms with Gasteiger partial charge in [-0.3, -0.25) is 9.59 Å². The number of benzene rings is 6. The predicted molar refractivity (Wildman–Crippen MR) is 206 cm³/mol. The van der Waals surface area contributed by atoms with Crippen molar-refractivity contribution in [1.82, 2.24) is 0 Å². The van der Waals surface area contributed by atoms with E-state index in [0.29, 0.717) is 11.3 Å². The number of pyridine rings is 1. The van der Waals surface area contributed by atoms with E-state index < -0.39 is 144 Å². The van der Waals surface area contributed by atoms with Gasteiger partial charge >= 0.3 is 0 Å². The van der Waals surface area contributed by atoms with E-state index >= 15 is 35.1 Å². The summed E-state index contributed by atoms with van der Waals surface area (Å²) in [5, 5.41) is 0. The van der Waals surface area contributed by atoms with Crippen LogP contribution in [0.15, 0.2) is 91.1 Å². The Kier molecular flexibility index (Phi) is 14.8. The van der Waals surface area contributed by atoms with Crippen LogP contribution in [0.2, 0.25) is 0 Å². The second-order valence-corrected chi connectivity index (χ2v) is 14.4. The van der Waals surface area contributed by atoms with Crippen LogP contribution in [0.5, 0.6) is 0 Å². The smallest absolute Gasteiger partial charge is 0.253 e. The summed E-state index contributed by atoms with van der Waals surface area (Å²) < 4.78 is 296. The average molecular weight is 1010 g/mol. The molecule has 0 N–H and O–H groups in total. The molecule has 0 amide bonds. The number of aromatic nitrogens is 1. The van der Waals surface area contributed by atoms with Crippen molar-refractivity contribution in [1.29, 1.82) is 0 Å². The second kappa shape index (κ2) is 20.0. The Balaban J connectivity index is 0.000000270. The van der Waals surface area contributed by atoms with E-state index in [4.69, 9.17) is 0 Å². The van der Waals surface area contributed by atoms with Crippen LogP contribution in [0.1, 0.15) is 26.4 Å². The van der Waals surface area contributed by atoms with Gasteiger partial charge in [0, 0.05) is 17.7 Å². The molecule has 1 heterocycles. The van der Waals surface area contributed by atoms with E-state index in [1.807, 2.05) is 54.6 Å². The number of hydrogen-bond acceptors (Lipinski definition) is 2. The summed E-state index contributed by atoms with van der Waals surface area (Å²) in [6.45, 7) is 0.130. The molecule has 1 aromatic heterocycles. The van der Waals surface area contributed by atoms with Crippen LogP contribution < -0.4 is 26.4 Å². The van der Waals surface area contributed by atoms with Crippen LogP contribution in [0.4, 0.5) is 87.8 Å². The van der Waals surface area contributed by atoms with Gasteiger partial charge in [0.25, 0.3) is 5.69 Å². The SMILES string of the molecule is Fc1c(F)c(F)c([B-](c2c(F)c(F)c(F)c(F)c2F)(c2c(F)c(F)c(F)c(F)c2F)c2c(F)c(F)c(F)c(F)c2F)c(F)c1F.O=C(C[n+]1ccccc1C(=O)C=Cc1ccccc1)c1ccccc1. The van der Waals surface area contributed by atoms with E-state index in [-0.39, 0.29) is 18.1 Å². The van der Waals surface area contributed by atoms with Crippen LogP contribution in [0.25, 0.3) is 6.08 Å². The first-order valence-electron chi connectivity index (χ1n) is 19.0. The Morgan fingerprint density at radius 1 is 0.371 bits per heavy atom. The molecule has 6 aromatic carbocycles. The second-order valence-electron chi connectivity index (χ2n) is 14.4. The van der Waals surface area contributed by atoms with Crippen molar-refractivity contribution in [3.8, 4) is 0 Å². The average Bonchev–Trinajstić information content (AvgIpc) is 3.36. The fraction of sp³-hybridized carbons (Fsp3) is 0.0217. The Morgan fingerprint density at radius 2 is 0.657 bits per heavy atom. The maximum atomic E-state index is 15.4. The standard InChI is InChI=1S/C24BF20.C22H18NO2/c26-5-1(6(27)14(35)21(42)13(5)34)25(2-7(28)15(36)22(43)16(37)8(2)29,3-9(30)17(38)23(44)18(39)10(3)31)4-11(32)19(40)24(45)20(41)12(4)33;24-21(15-14-18-9-3-1-4-10-18)20-13-7-8-16-23(20)17-22(25)19-11-5-2-6-12-19/h;1-16H,17H2/q-1;+1. The topological polar surface area (TPSA) is 38.0 Å². The molecule has 0 saturated carbocycles. The van der Waals surface area contributed by atoms with Gasteiger partial charge < -0.3 is 0 Å². The predicted octanol–water partition coefficient (Wildman–Crippen LogP) is 9.60. The highest BCUT2D eigenvalue weighted by Gasteiger charge is 2.52. The molecule has 0 unspecified atom stereocenters. The molecule has 3 nitrogen and oxygen atoms in total. The Labute approximate surface area is 378 Å². The number of carbonyl (C=O) groups excluding carboxylic acids is 2. The first-order chi connectivity index (χ1) is 32.9. The zero-order valence-corrected chi connectivity index (χ0v) is 33.8. The molecular weight excluding hydrogens is 989 g/mol. The van der Waals surface area contributed by atoms with Crippen molar-refractivity contribution in [3.63, 3.8) is 0 Å². The molecule has 362 valence electrons. The fourth-order valence-electron chi connectivity index (χ4n) is 7.40. The molecule has 70 heavy (non-hydrogen) atoms. The monoisotopic (exact) mass is 1010 g/mol. The quantitative estimate of drug-likeness (QED) is 0.0261. The highest BCUT2D eigenvalue weighted by molar-refractivity contribution is 7.20. The van der Waals surface area contributed by atoms with Crippen LogP contribution >= 0.6 is 0 Å². The van der Waals surface area contributed by atoms with Crippen LogP contribution in [-0.4, -0.2) is 17.7 Å². The van der Waals surface area contributed by atoms with Gasteiger partial charge in [-0.05, 0) is 17.7 Å². The Bertz CT molecular complexity index is 2900. The summed E-state index contributed by atoms with van der Waals surface area (Å²) in [6.07, 6.45) is -2.15. The third-order valence-electron chi connectivity index (χ3n) is 10.5. The van der Waals surface area contributed by atoms with Crippen molar-refractivity contribution >= 4 is 45.6 Å². The van der Waals surface area contributed by atoms with Gasteiger partial charge in [-0.15, -0.1) is 21.9 Å². The normalized spacial score (nSPS) is 11.5. The molecule has 0 aliphatic heterocycles. The molecule has 0 atom stereocenters. The third kappa shape index (κ3) is 8.65. The molecule has 0 radical (unpaired) electrons. The minimum absolute atomic E-state index is 0.0297. The summed E-state index contributed by atoms with van der Waals surface area (Å²) >= 11 is 0. The van der Waals surface area contributed by atoms with Gasteiger partial charge in [0.15, 0.2) is 76.0 Å². The van der Waals surface area contributed by atoms with E-state index in [1.165, 1.54) is 6.08 Å². The number of Topliss-reactive ketones (excluding diaryl/α,β-unsaturated/α-hetero) is 1. The zero-order valence-electron chi connectivity index (χ0n) is 33.8. The summed E-state index contributed by atoms with van der Waals surface area (Å²) in [4.78, 5) is 25.0. The number of hydrogen-bond donors (Lipinski definition) is 0. The lowest BCUT2D eigenvalue weighted by Gasteiger charge is -2.44. The van der Waals surface area contributed by atoms with Crippen LogP contribution in [0.3, 0.4) is 0 Å². The molecule has 0 saturated heterocycles. The van der Waals surface area contributed by atoms with Crippen LogP contribution in [0, 0.1) is 116 Å². The number of carbonyl (C=O) groups is 2. The molecule has 0 bridgehead atoms. The van der Waals surface area contributed by atoms with Gasteiger partial charge in [-0.1, -0.05) is 66.7 Å². The Morgan fingerprint density at radius 3 is 0.986 bits per heavy atom. The summed E-state index contributed by atoms with van der Waals surface area (Å²) in [5.41, 5.74) is -12.3.